The minimum Gasteiger partial charge on any atom is -0.425 e. The van der Waals surface area contributed by atoms with Gasteiger partial charge in [0.1, 0.15) is 9.79 Å². The van der Waals surface area contributed by atoms with Crippen LogP contribution in [0.5, 0.6) is 11.5 Å². The lowest BCUT2D eigenvalue weighted by Gasteiger charge is -2.13. The second-order valence-corrected chi connectivity index (χ2v) is 14.0. The van der Waals surface area contributed by atoms with Crippen LogP contribution in [0.2, 0.25) is 0 Å². The normalized spacial score (nSPS) is 12.0. The molecule has 0 aromatic heterocycles. The van der Waals surface area contributed by atoms with Gasteiger partial charge in [-0.05, 0) is 48.9 Å². The van der Waals surface area contributed by atoms with Gasteiger partial charge in [-0.3, -0.25) is 9.59 Å². The molecule has 2 rings (SSSR count). The number of esters is 2. The average Bonchev–Trinajstić information content (AvgIpc) is 2.88. The Hall–Kier alpha value is -2.76. The molecule has 0 amide bonds. The van der Waals surface area contributed by atoms with E-state index in [9.17, 15) is 26.4 Å². The molecule has 0 heterocycles. The molecule has 0 spiro atoms. The van der Waals surface area contributed by atoms with Crippen LogP contribution >= 0.6 is 0 Å². The van der Waals surface area contributed by atoms with Crippen molar-refractivity contribution in [2.24, 2.45) is 11.8 Å². The van der Waals surface area contributed by atoms with E-state index < -0.39 is 42.0 Å². The molecule has 0 radical (unpaired) electrons. The molecule has 0 N–H and O–H groups in total. The third-order valence-electron chi connectivity index (χ3n) is 6.19. The Balaban J connectivity index is 2.10. The first-order valence-electron chi connectivity index (χ1n) is 14.1. The predicted octanol–water partition coefficient (Wildman–Crippen LogP) is 6.80. The van der Waals surface area contributed by atoms with Crippen LogP contribution < -0.4 is 9.47 Å². The van der Waals surface area contributed by atoms with Gasteiger partial charge in [-0.2, -0.15) is 16.8 Å². The zero-order valence-corrected chi connectivity index (χ0v) is 26.0. The molecule has 0 saturated carbocycles. The van der Waals surface area contributed by atoms with Gasteiger partial charge in [0, 0.05) is 12.8 Å². The van der Waals surface area contributed by atoms with E-state index in [-0.39, 0.29) is 24.3 Å². The summed E-state index contributed by atoms with van der Waals surface area (Å²) in [6.07, 6.45) is 7.02. The maximum atomic E-state index is 13.1. The summed E-state index contributed by atoms with van der Waals surface area (Å²) in [5, 5.41) is 0. The number of hydrogen-bond acceptors (Lipinski definition) is 9. The summed E-state index contributed by atoms with van der Waals surface area (Å²) in [6, 6.07) is 10.3. The van der Waals surface area contributed by atoms with Crippen molar-refractivity contribution < 1.29 is 39.5 Å². The SMILES string of the molecule is CC(C)CCCCCC(=O)Oc1ccccc1S(=O)(=O)OS(=O)(=O)c1ccccc1OC(=O)CCCCCC(C)C. The first-order valence-corrected chi connectivity index (χ1v) is 16.9. The van der Waals surface area contributed by atoms with Crippen molar-refractivity contribution in [3.05, 3.63) is 48.5 Å². The highest BCUT2D eigenvalue weighted by atomic mass is 32.3. The van der Waals surface area contributed by atoms with Crippen LogP contribution in [0.1, 0.15) is 91.9 Å². The van der Waals surface area contributed by atoms with Gasteiger partial charge in [-0.15, -0.1) is 3.63 Å². The van der Waals surface area contributed by atoms with Gasteiger partial charge in [-0.1, -0.05) is 90.5 Å². The highest BCUT2D eigenvalue weighted by Crippen LogP contribution is 2.31. The van der Waals surface area contributed by atoms with Crippen LogP contribution in [-0.4, -0.2) is 28.8 Å². The van der Waals surface area contributed by atoms with E-state index in [2.05, 4.69) is 31.3 Å². The molecule has 2 aromatic rings. The van der Waals surface area contributed by atoms with E-state index in [1.165, 1.54) is 36.4 Å². The van der Waals surface area contributed by atoms with Crippen LogP contribution in [0.25, 0.3) is 0 Å². The predicted molar refractivity (Wildman–Crippen MR) is 155 cm³/mol. The third kappa shape index (κ3) is 12.3. The minimum absolute atomic E-state index is 0.0854. The van der Waals surface area contributed by atoms with Crippen LogP contribution in [0, 0.1) is 11.8 Å². The maximum absolute atomic E-state index is 13.1. The van der Waals surface area contributed by atoms with E-state index >= 15 is 0 Å². The molecule has 9 nitrogen and oxygen atoms in total. The van der Waals surface area contributed by atoms with Crippen molar-refractivity contribution in [2.45, 2.75) is 102 Å². The molecule has 0 aliphatic rings. The molecule has 0 unspecified atom stereocenters. The molecule has 228 valence electrons. The molecule has 0 bridgehead atoms. The Morgan fingerprint density at radius 1 is 0.585 bits per heavy atom. The number of carbonyl (C=O) groups excluding carboxylic acids is 2. The zero-order valence-electron chi connectivity index (χ0n) is 24.3. The first kappa shape index (κ1) is 34.4. The van der Waals surface area contributed by atoms with Gasteiger partial charge < -0.3 is 9.47 Å². The van der Waals surface area contributed by atoms with E-state index in [4.69, 9.17) is 9.47 Å². The second kappa shape index (κ2) is 16.6. The minimum atomic E-state index is -4.96. The van der Waals surface area contributed by atoms with Gasteiger partial charge in [0.25, 0.3) is 0 Å². The lowest BCUT2D eigenvalue weighted by molar-refractivity contribution is -0.135. The number of rotatable bonds is 18. The molecule has 0 fully saturated rings. The van der Waals surface area contributed by atoms with Gasteiger partial charge in [-0.25, -0.2) is 0 Å². The molecular formula is C30H42O9S2. The molecule has 41 heavy (non-hydrogen) atoms. The summed E-state index contributed by atoms with van der Waals surface area (Å²) in [7, 11) is -9.92. The summed E-state index contributed by atoms with van der Waals surface area (Å²) < 4.78 is 67.5. The number of para-hydroxylation sites is 2. The molecule has 0 atom stereocenters. The molecule has 0 aliphatic heterocycles. The third-order valence-corrected chi connectivity index (χ3v) is 9.37. The van der Waals surface area contributed by atoms with Crippen molar-refractivity contribution in [2.75, 3.05) is 0 Å². The number of carbonyl (C=O) groups is 2. The second-order valence-electron chi connectivity index (χ2n) is 10.8. The Morgan fingerprint density at radius 3 is 1.32 bits per heavy atom. The standard InChI is InChI=1S/C30H42O9S2/c1-23(2)15-7-5-9-21-29(31)37-25-17-11-13-19-27(25)40(33,34)39-41(35,36)28-20-14-12-18-26(28)38-30(32)22-10-6-8-16-24(3)4/h11-14,17-20,23-24H,5-10,15-16,21-22H2,1-4H3. The Morgan fingerprint density at radius 2 is 0.951 bits per heavy atom. The summed E-state index contributed by atoms with van der Waals surface area (Å²) in [5.74, 6) is -0.820. The quantitative estimate of drug-likeness (QED) is 0.102. The fraction of sp³-hybridized carbons (Fsp3) is 0.533. The van der Waals surface area contributed by atoms with Crippen LogP contribution in [0.15, 0.2) is 58.3 Å². The average molecular weight is 611 g/mol. The Bertz CT molecular complexity index is 1240. The number of benzene rings is 2. The largest absolute Gasteiger partial charge is 0.425 e. The molecule has 0 saturated heterocycles. The topological polar surface area (TPSA) is 130 Å². The van der Waals surface area contributed by atoms with E-state index in [0.717, 1.165) is 50.7 Å². The van der Waals surface area contributed by atoms with Crippen LogP contribution in [0.3, 0.4) is 0 Å². The Labute approximate surface area is 244 Å². The van der Waals surface area contributed by atoms with E-state index in [0.29, 0.717) is 24.7 Å². The molecule has 0 aliphatic carbocycles. The number of hydrogen-bond donors (Lipinski definition) is 0. The fourth-order valence-corrected chi connectivity index (χ4v) is 6.75. The fourth-order valence-electron chi connectivity index (χ4n) is 4.02. The van der Waals surface area contributed by atoms with E-state index in [1.807, 2.05) is 0 Å². The number of unbranched alkanes of at least 4 members (excludes halogenated alkanes) is 4. The van der Waals surface area contributed by atoms with Crippen molar-refractivity contribution in [1.29, 1.82) is 0 Å². The Kier molecular flexibility index (Phi) is 14.0. The van der Waals surface area contributed by atoms with Crippen LogP contribution in [0.4, 0.5) is 0 Å². The smallest absolute Gasteiger partial charge is 0.315 e. The lowest BCUT2D eigenvalue weighted by Crippen LogP contribution is -2.18. The van der Waals surface area contributed by atoms with Gasteiger partial charge >= 0.3 is 32.2 Å². The van der Waals surface area contributed by atoms with Crippen LogP contribution in [-0.2, 0) is 33.5 Å². The summed E-state index contributed by atoms with van der Waals surface area (Å²) in [4.78, 5) is 23.5. The van der Waals surface area contributed by atoms with Crippen molar-refractivity contribution >= 4 is 32.2 Å². The molecule has 11 heteroatoms. The zero-order chi connectivity index (χ0) is 30.5. The lowest BCUT2D eigenvalue weighted by atomic mass is 10.0. The highest BCUT2D eigenvalue weighted by molar-refractivity contribution is 8.00. The monoisotopic (exact) mass is 610 g/mol. The van der Waals surface area contributed by atoms with Gasteiger partial charge in [0.05, 0.1) is 0 Å². The summed E-state index contributed by atoms with van der Waals surface area (Å²) >= 11 is 0. The molecular weight excluding hydrogens is 568 g/mol. The maximum Gasteiger partial charge on any atom is 0.315 e. The summed E-state index contributed by atoms with van der Waals surface area (Å²) in [5.41, 5.74) is 0. The summed E-state index contributed by atoms with van der Waals surface area (Å²) in [6.45, 7) is 8.48. The van der Waals surface area contributed by atoms with Crippen molar-refractivity contribution in [3.8, 4) is 11.5 Å². The number of ether oxygens (including phenoxy) is 2. The van der Waals surface area contributed by atoms with Gasteiger partial charge in [0.2, 0.25) is 0 Å². The molecule has 2 aromatic carbocycles. The first-order chi connectivity index (χ1) is 19.3. The van der Waals surface area contributed by atoms with E-state index in [1.54, 1.807) is 0 Å². The van der Waals surface area contributed by atoms with Gasteiger partial charge in [0.15, 0.2) is 11.5 Å². The van der Waals surface area contributed by atoms with Crippen molar-refractivity contribution in [1.82, 2.24) is 0 Å². The van der Waals surface area contributed by atoms with Crippen molar-refractivity contribution in [3.63, 3.8) is 0 Å². The highest BCUT2D eigenvalue weighted by Gasteiger charge is 2.32.